The maximum atomic E-state index is 13.3. The van der Waals surface area contributed by atoms with E-state index in [0.29, 0.717) is 0 Å². The molecule has 1 aromatic carbocycles. The quantitative estimate of drug-likeness (QED) is 0.797. The normalized spacial score (nSPS) is 14.3. The van der Waals surface area contributed by atoms with Crippen LogP contribution in [0.15, 0.2) is 18.2 Å². The van der Waals surface area contributed by atoms with E-state index in [0.717, 1.165) is 12.1 Å². The van der Waals surface area contributed by atoms with Crippen molar-refractivity contribution in [2.45, 2.75) is 18.9 Å². The Morgan fingerprint density at radius 1 is 1.50 bits per heavy atom. The van der Waals surface area contributed by atoms with E-state index in [4.69, 9.17) is 5.73 Å². The first-order valence-electron chi connectivity index (χ1n) is 4.68. The van der Waals surface area contributed by atoms with Gasteiger partial charge in [0.05, 0.1) is 7.11 Å². The third-order valence-electron chi connectivity index (χ3n) is 2.22. The van der Waals surface area contributed by atoms with Gasteiger partial charge < -0.3 is 10.5 Å². The number of carbonyl (C=O) groups is 1. The van der Waals surface area contributed by atoms with Gasteiger partial charge in [-0.15, -0.1) is 0 Å². The van der Waals surface area contributed by atoms with Crippen molar-refractivity contribution in [2.75, 3.05) is 7.11 Å². The molecule has 88 valence electrons. The van der Waals surface area contributed by atoms with E-state index >= 15 is 0 Å². The molecular weight excluding hydrogens is 216 g/mol. The zero-order chi connectivity index (χ0) is 12.3. The fraction of sp³-hybridized carbons (Fsp3) is 0.364. The Bertz CT molecular complexity index is 405. The lowest BCUT2D eigenvalue weighted by Crippen LogP contribution is -2.47. The number of ether oxygens (including phenoxy) is 1. The monoisotopic (exact) mass is 229 g/mol. The van der Waals surface area contributed by atoms with Crippen LogP contribution in [0.3, 0.4) is 0 Å². The molecule has 0 aliphatic rings. The molecule has 1 aromatic rings. The molecule has 0 fully saturated rings. The van der Waals surface area contributed by atoms with E-state index in [9.17, 15) is 13.6 Å². The average molecular weight is 229 g/mol. The van der Waals surface area contributed by atoms with Crippen molar-refractivity contribution in [3.63, 3.8) is 0 Å². The third-order valence-corrected chi connectivity index (χ3v) is 2.22. The van der Waals surface area contributed by atoms with Gasteiger partial charge in [-0.25, -0.2) is 8.78 Å². The molecule has 0 aliphatic carbocycles. The van der Waals surface area contributed by atoms with Crippen molar-refractivity contribution >= 4 is 5.97 Å². The number of hydrogen-bond acceptors (Lipinski definition) is 3. The molecule has 0 saturated carbocycles. The first-order valence-corrected chi connectivity index (χ1v) is 4.68. The average Bonchev–Trinajstić information content (AvgIpc) is 2.21. The van der Waals surface area contributed by atoms with E-state index in [2.05, 4.69) is 4.74 Å². The first-order chi connectivity index (χ1) is 7.36. The van der Waals surface area contributed by atoms with E-state index in [1.54, 1.807) is 0 Å². The van der Waals surface area contributed by atoms with Crippen LogP contribution in [-0.4, -0.2) is 18.6 Å². The van der Waals surface area contributed by atoms with Gasteiger partial charge in [0, 0.05) is 12.5 Å². The van der Waals surface area contributed by atoms with Gasteiger partial charge >= 0.3 is 5.97 Å². The molecule has 1 unspecified atom stereocenters. The number of esters is 1. The number of rotatable bonds is 3. The molecule has 0 spiro atoms. The van der Waals surface area contributed by atoms with Crippen molar-refractivity contribution in [1.82, 2.24) is 0 Å². The molecule has 1 atom stereocenters. The zero-order valence-corrected chi connectivity index (χ0v) is 9.09. The highest BCUT2D eigenvalue weighted by molar-refractivity contribution is 5.80. The molecule has 0 radical (unpaired) electrons. The minimum absolute atomic E-state index is 0.0498. The van der Waals surface area contributed by atoms with Crippen LogP contribution in [0.25, 0.3) is 0 Å². The van der Waals surface area contributed by atoms with Crippen LogP contribution in [0.5, 0.6) is 0 Å². The Morgan fingerprint density at radius 3 is 2.62 bits per heavy atom. The summed E-state index contributed by atoms with van der Waals surface area (Å²) in [5.41, 5.74) is 4.53. The SMILES string of the molecule is COC(=O)C(C)(N)Cc1ccc(F)cc1F. The van der Waals surface area contributed by atoms with Gasteiger partial charge in [0.1, 0.15) is 17.2 Å². The second-order valence-corrected chi connectivity index (χ2v) is 3.82. The topological polar surface area (TPSA) is 52.3 Å². The summed E-state index contributed by atoms with van der Waals surface area (Å²) in [6.45, 7) is 1.43. The summed E-state index contributed by atoms with van der Waals surface area (Å²) in [5.74, 6) is -2.03. The summed E-state index contributed by atoms with van der Waals surface area (Å²) in [6, 6.07) is 3.13. The predicted molar refractivity (Wildman–Crippen MR) is 54.7 cm³/mol. The van der Waals surface area contributed by atoms with Crippen LogP contribution >= 0.6 is 0 Å². The fourth-order valence-corrected chi connectivity index (χ4v) is 1.37. The third kappa shape index (κ3) is 2.76. The molecule has 0 aliphatic heterocycles. The lowest BCUT2D eigenvalue weighted by Gasteiger charge is -2.21. The molecular formula is C11H13F2NO2. The molecule has 0 aromatic heterocycles. The van der Waals surface area contributed by atoms with Gasteiger partial charge in [0.25, 0.3) is 0 Å². The van der Waals surface area contributed by atoms with E-state index in [-0.39, 0.29) is 12.0 Å². The second kappa shape index (κ2) is 4.57. The van der Waals surface area contributed by atoms with Crippen molar-refractivity contribution in [1.29, 1.82) is 0 Å². The standard InChI is InChI=1S/C11H13F2NO2/c1-11(14,10(15)16-2)6-7-3-4-8(12)5-9(7)13/h3-5H,6,14H2,1-2H3. The molecule has 16 heavy (non-hydrogen) atoms. The van der Waals surface area contributed by atoms with Gasteiger partial charge in [0.15, 0.2) is 0 Å². The smallest absolute Gasteiger partial charge is 0.325 e. The minimum Gasteiger partial charge on any atom is -0.468 e. The maximum absolute atomic E-state index is 13.3. The zero-order valence-electron chi connectivity index (χ0n) is 9.09. The summed E-state index contributed by atoms with van der Waals surface area (Å²) in [7, 11) is 1.20. The van der Waals surface area contributed by atoms with Gasteiger partial charge in [0.2, 0.25) is 0 Å². The number of hydrogen-bond donors (Lipinski definition) is 1. The Morgan fingerprint density at radius 2 is 2.12 bits per heavy atom. The van der Waals surface area contributed by atoms with Crippen molar-refractivity contribution in [3.05, 3.63) is 35.4 Å². The molecule has 1 rings (SSSR count). The maximum Gasteiger partial charge on any atom is 0.325 e. The summed E-state index contributed by atoms with van der Waals surface area (Å²) in [4.78, 5) is 11.3. The van der Waals surface area contributed by atoms with Crippen molar-refractivity contribution < 1.29 is 18.3 Å². The van der Waals surface area contributed by atoms with Crippen molar-refractivity contribution in [3.8, 4) is 0 Å². The highest BCUT2D eigenvalue weighted by Gasteiger charge is 2.30. The van der Waals surface area contributed by atoms with E-state index in [1.807, 2.05) is 0 Å². The number of halogens is 2. The van der Waals surface area contributed by atoms with Gasteiger partial charge in [-0.05, 0) is 18.6 Å². The van der Waals surface area contributed by atoms with Crippen LogP contribution in [-0.2, 0) is 16.0 Å². The summed E-state index contributed by atoms with van der Waals surface area (Å²) in [5, 5.41) is 0. The largest absolute Gasteiger partial charge is 0.468 e. The summed E-state index contributed by atoms with van der Waals surface area (Å²) >= 11 is 0. The number of nitrogens with two attached hydrogens (primary N) is 1. The molecule has 0 saturated heterocycles. The Balaban J connectivity index is 2.92. The lowest BCUT2D eigenvalue weighted by molar-refractivity contribution is -0.146. The molecule has 0 bridgehead atoms. The molecule has 5 heteroatoms. The summed E-state index contributed by atoms with van der Waals surface area (Å²) in [6.07, 6.45) is -0.0498. The Labute approximate surface area is 92.2 Å². The number of carbonyl (C=O) groups excluding carboxylic acids is 1. The Kier molecular flexibility index (Phi) is 3.59. The van der Waals surface area contributed by atoms with Crippen molar-refractivity contribution in [2.24, 2.45) is 5.73 Å². The number of methoxy groups -OCH3 is 1. The van der Waals surface area contributed by atoms with Gasteiger partial charge in [-0.1, -0.05) is 6.07 Å². The highest BCUT2D eigenvalue weighted by Crippen LogP contribution is 2.16. The molecule has 2 N–H and O–H groups in total. The van der Waals surface area contributed by atoms with E-state index < -0.39 is 23.1 Å². The van der Waals surface area contributed by atoms with Crippen LogP contribution in [0, 0.1) is 11.6 Å². The van der Waals surface area contributed by atoms with Crippen LogP contribution in [0.4, 0.5) is 8.78 Å². The number of benzene rings is 1. The van der Waals surface area contributed by atoms with E-state index in [1.165, 1.54) is 20.1 Å². The predicted octanol–water partition coefficient (Wildman–Crippen LogP) is 1.40. The molecule has 3 nitrogen and oxygen atoms in total. The first kappa shape index (κ1) is 12.6. The van der Waals surface area contributed by atoms with Crippen LogP contribution < -0.4 is 5.73 Å². The van der Waals surface area contributed by atoms with Gasteiger partial charge in [-0.3, -0.25) is 4.79 Å². The Hall–Kier alpha value is -1.49. The second-order valence-electron chi connectivity index (χ2n) is 3.82. The van der Waals surface area contributed by atoms with Crippen LogP contribution in [0.1, 0.15) is 12.5 Å². The fourth-order valence-electron chi connectivity index (χ4n) is 1.37. The highest BCUT2D eigenvalue weighted by atomic mass is 19.1. The minimum atomic E-state index is -1.33. The van der Waals surface area contributed by atoms with Crippen LogP contribution in [0.2, 0.25) is 0 Å². The summed E-state index contributed by atoms with van der Waals surface area (Å²) < 4.78 is 30.4. The van der Waals surface area contributed by atoms with Gasteiger partial charge in [-0.2, -0.15) is 0 Å². The lowest BCUT2D eigenvalue weighted by atomic mass is 9.94. The molecule has 0 amide bonds. The molecule has 0 heterocycles.